The van der Waals surface area contributed by atoms with E-state index in [0.717, 1.165) is 0 Å². The molecule has 2 heterocycles. The molecule has 0 spiro atoms. The summed E-state index contributed by atoms with van der Waals surface area (Å²) in [6.45, 7) is 0. The van der Waals surface area contributed by atoms with Crippen molar-refractivity contribution in [1.29, 1.82) is 0 Å². The Kier molecular flexibility index (Phi) is 1.55. The second-order valence-electron chi connectivity index (χ2n) is 2.15. The van der Waals surface area contributed by atoms with Crippen LogP contribution in [-0.4, -0.2) is 35.6 Å². The van der Waals surface area contributed by atoms with Gasteiger partial charge >= 0.3 is 7.41 Å². The monoisotopic (exact) mass is 145 g/mol. The Bertz CT molecular complexity index is 265. The first kappa shape index (κ1) is 6.33. The minimum Gasteiger partial charge on any atom is -0.318 e. The van der Waals surface area contributed by atoms with Crippen molar-refractivity contribution in [2.24, 2.45) is 9.98 Å². The van der Waals surface area contributed by atoms with Crippen LogP contribution in [0.5, 0.6) is 0 Å². The van der Waals surface area contributed by atoms with Crippen molar-refractivity contribution in [1.82, 2.24) is 9.69 Å². The zero-order valence-electron chi connectivity index (χ0n) is 5.83. The molecular weight excluding hydrogens is 139 g/mol. The van der Waals surface area contributed by atoms with Gasteiger partial charge in [-0.25, -0.2) is 0 Å². The molecule has 0 aromatic carbocycles. The fourth-order valence-corrected chi connectivity index (χ4v) is 0.874. The van der Waals surface area contributed by atoms with Gasteiger partial charge in [-0.05, 0) is 6.07 Å². The molecule has 0 atom stereocenters. The Morgan fingerprint density at radius 1 is 1.27 bits per heavy atom. The summed E-state index contributed by atoms with van der Waals surface area (Å²) >= 11 is 0. The highest BCUT2D eigenvalue weighted by Gasteiger charge is 2.09. The van der Waals surface area contributed by atoms with E-state index < -0.39 is 0 Å². The molecular formula is C6H6BN4. The standard InChI is InChI=1S/C6H6BN4/c1-2-10-11(5-1)7-6-8-3-4-9-6/h1-6H. The van der Waals surface area contributed by atoms with Crippen LogP contribution in [0.25, 0.3) is 0 Å². The lowest BCUT2D eigenvalue weighted by Gasteiger charge is -1.99. The van der Waals surface area contributed by atoms with Crippen molar-refractivity contribution >= 4 is 19.8 Å². The Morgan fingerprint density at radius 3 is 2.73 bits per heavy atom. The van der Waals surface area contributed by atoms with Crippen molar-refractivity contribution in [2.45, 2.75) is 6.07 Å². The summed E-state index contributed by atoms with van der Waals surface area (Å²) in [5, 5.41) is 3.99. The average molecular weight is 145 g/mol. The van der Waals surface area contributed by atoms with Gasteiger partial charge in [0, 0.05) is 24.8 Å². The van der Waals surface area contributed by atoms with E-state index in [-0.39, 0.29) is 6.07 Å². The molecule has 1 aromatic heterocycles. The van der Waals surface area contributed by atoms with Gasteiger partial charge in [-0.15, -0.1) is 0 Å². The van der Waals surface area contributed by atoms with Gasteiger partial charge in [-0.3, -0.25) is 9.98 Å². The smallest absolute Gasteiger partial charge is 0.318 e. The van der Waals surface area contributed by atoms with Crippen LogP contribution in [-0.2, 0) is 0 Å². The maximum Gasteiger partial charge on any atom is 0.335 e. The highest BCUT2D eigenvalue weighted by molar-refractivity contribution is 6.37. The van der Waals surface area contributed by atoms with E-state index in [2.05, 4.69) is 15.1 Å². The summed E-state index contributed by atoms with van der Waals surface area (Å²) in [6, 6.07) is 1.77. The van der Waals surface area contributed by atoms with E-state index in [9.17, 15) is 0 Å². The summed E-state index contributed by atoms with van der Waals surface area (Å²) < 4.78 is 1.70. The van der Waals surface area contributed by atoms with E-state index in [1.807, 2.05) is 19.7 Å². The van der Waals surface area contributed by atoms with Crippen LogP contribution >= 0.6 is 0 Å². The van der Waals surface area contributed by atoms with E-state index >= 15 is 0 Å². The Labute approximate surface area is 64.9 Å². The number of hydrogen-bond acceptors (Lipinski definition) is 3. The maximum absolute atomic E-state index is 4.05. The zero-order chi connectivity index (χ0) is 7.52. The van der Waals surface area contributed by atoms with E-state index in [0.29, 0.717) is 0 Å². The first-order chi connectivity index (χ1) is 5.45. The van der Waals surface area contributed by atoms with Crippen LogP contribution in [0.2, 0.25) is 0 Å². The first-order valence-electron chi connectivity index (χ1n) is 3.34. The highest BCUT2D eigenvalue weighted by Crippen LogP contribution is 1.95. The van der Waals surface area contributed by atoms with E-state index in [1.54, 1.807) is 23.2 Å². The second kappa shape index (κ2) is 2.69. The molecule has 0 fully saturated rings. The quantitative estimate of drug-likeness (QED) is 0.530. The third kappa shape index (κ3) is 1.37. The lowest BCUT2D eigenvalue weighted by atomic mass is 9.91. The molecule has 4 nitrogen and oxygen atoms in total. The van der Waals surface area contributed by atoms with Crippen LogP contribution in [0.3, 0.4) is 0 Å². The molecule has 1 radical (unpaired) electrons. The van der Waals surface area contributed by atoms with Gasteiger partial charge in [-0.1, -0.05) is 0 Å². The number of nitrogens with zero attached hydrogens (tertiary/aromatic N) is 4. The lowest BCUT2D eigenvalue weighted by molar-refractivity contribution is 0.897. The molecule has 1 aromatic rings. The molecule has 0 N–H and O–H groups in total. The Balaban J connectivity index is 2.01. The topological polar surface area (TPSA) is 42.5 Å². The fourth-order valence-electron chi connectivity index (χ4n) is 0.874. The second-order valence-corrected chi connectivity index (χ2v) is 2.15. The summed E-state index contributed by atoms with van der Waals surface area (Å²) in [5.74, 6) is 0. The molecule has 0 amide bonds. The summed E-state index contributed by atoms with van der Waals surface area (Å²) in [5.41, 5.74) is 0. The van der Waals surface area contributed by atoms with Crippen molar-refractivity contribution in [3.8, 4) is 0 Å². The van der Waals surface area contributed by atoms with Crippen LogP contribution in [0.1, 0.15) is 0 Å². The van der Waals surface area contributed by atoms with Gasteiger partial charge in [0.15, 0.2) is 0 Å². The molecule has 2 rings (SSSR count). The van der Waals surface area contributed by atoms with Crippen molar-refractivity contribution in [3.63, 3.8) is 0 Å². The molecule has 1 aliphatic rings. The summed E-state index contributed by atoms with van der Waals surface area (Å²) in [4.78, 5) is 8.09. The molecule has 53 valence electrons. The van der Waals surface area contributed by atoms with Crippen LogP contribution in [0, 0.1) is 0 Å². The molecule has 0 unspecified atom stereocenters. The van der Waals surface area contributed by atoms with Crippen molar-refractivity contribution in [2.75, 3.05) is 0 Å². The minimum absolute atomic E-state index is 0.0881. The predicted octanol–water partition coefficient (Wildman–Crippen LogP) is -0.211. The molecule has 5 heteroatoms. The molecule has 11 heavy (non-hydrogen) atoms. The van der Waals surface area contributed by atoms with Gasteiger partial charge in [-0.2, -0.15) is 5.10 Å². The molecule has 0 saturated heterocycles. The van der Waals surface area contributed by atoms with E-state index in [1.165, 1.54) is 0 Å². The van der Waals surface area contributed by atoms with Gasteiger partial charge in [0.05, 0.1) is 0 Å². The first-order valence-corrected chi connectivity index (χ1v) is 3.34. The van der Waals surface area contributed by atoms with E-state index in [4.69, 9.17) is 0 Å². The lowest BCUT2D eigenvalue weighted by Crippen LogP contribution is -2.19. The summed E-state index contributed by atoms with van der Waals surface area (Å²) in [6.07, 6.45) is 6.94. The number of aromatic nitrogens is 2. The Hall–Kier alpha value is -1.39. The van der Waals surface area contributed by atoms with Gasteiger partial charge in [0.1, 0.15) is 6.07 Å². The molecule has 0 saturated carbocycles. The summed E-state index contributed by atoms with van der Waals surface area (Å²) in [7, 11) is 1.83. The zero-order valence-corrected chi connectivity index (χ0v) is 5.83. The number of rotatable bonds is 2. The minimum atomic E-state index is -0.0881. The van der Waals surface area contributed by atoms with Gasteiger partial charge < -0.3 is 4.59 Å². The largest absolute Gasteiger partial charge is 0.335 e. The third-order valence-electron chi connectivity index (χ3n) is 1.36. The SMILES string of the molecule is [B](C1N=CC=N1)n1cccn1. The van der Waals surface area contributed by atoms with Crippen LogP contribution in [0.4, 0.5) is 0 Å². The van der Waals surface area contributed by atoms with Gasteiger partial charge in [0.25, 0.3) is 0 Å². The number of hydrogen-bond donors (Lipinski definition) is 0. The van der Waals surface area contributed by atoms with Gasteiger partial charge in [0.2, 0.25) is 0 Å². The highest BCUT2D eigenvalue weighted by atomic mass is 15.2. The Morgan fingerprint density at radius 2 is 2.09 bits per heavy atom. The molecule has 0 aliphatic carbocycles. The molecule has 0 bridgehead atoms. The fraction of sp³-hybridized carbons (Fsp3) is 0.167. The normalized spacial score (nSPS) is 16.0. The van der Waals surface area contributed by atoms with Crippen molar-refractivity contribution < 1.29 is 0 Å². The molecule has 1 aliphatic heterocycles. The third-order valence-corrected chi connectivity index (χ3v) is 1.36. The van der Waals surface area contributed by atoms with Crippen molar-refractivity contribution in [3.05, 3.63) is 18.5 Å². The van der Waals surface area contributed by atoms with Crippen LogP contribution in [0.15, 0.2) is 28.4 Å². The van der Waals surface area contributed by atoms with Crippen LogP contribution < -0.4 is 0 Å². The average Bonchev–Trinajstić information content (AvgIpc) is 2.60. The maximum atomic E-state index is 4.05. The predicted molar refractivity (Wildman–Crippen MR) is 44.2 cm³/mol. The number of aliphatic imine (C=N–C) groups is 2.